The van der Waals surface area contributed by atoms with Crippen molar-refractivity contribution in [1.29, 1.82) is 0 Å². The molecule has 12 rings (SSSR count). The Morgan fingerprint density at radius 1 is 0.957 bits per heavy atom. The minimum atomic E-state index is -4.91. The van der Waals surface area contributed by atoms with Crippen molar-refractivity contribution < 1.29 is 67.3 Å². The quantitative estimate of drug-likeness (QED) is 0.0361. The van der Waals surface area contributed by atoms with Crippen LogP contribution in [0.5, 0.6) is 11.5 Å². The van der Waals surface area contributed by atoms with Crippen molar-refractivity contribution in [2.24, 2.45) is 46.0 Å². The first kappa shape index (κ1) is 50.8. The molecule has 3 aliphatic carbocycles. The van der Waals surface area contributed by atoms with Gasteiger partial charge < -0.3 is 40.8 Å². The fourth-order valence-corrected chi connectivity index (χ4v) is 14.5. The van der Waals surface area contributed by atoms with Crippen LogP contribution in [0.25, 0.3) is 0 Å². The van der Waals surface area contributed by atoms with Gasteiger partial charge in [-0.1, -0.05) is 111 Å². The summed E-state index contributed by atoms with van der Waals surface area (Å²) >= 11 is 0. The summed E-state index contributed by atoms with van der Waals surface area (Å²) in [5, 5.41) is 32.7. The van der Waals surface area contributed by atoms with E-state index in [1.165, 1.54) is 0 Å². The second kappa shape index (κ2) is 20.8. The molecular formula is C57H66N3NaO8S. The van der Waals surface area contributed by atoms with Crippen LogP contribution in [-0.2, 0) is 33.4 Å². The number of ether oxygens (including phenoxy) is 2. The molecule has 7 N–H and O–H groups in total. The number of fused-ring (bicyclic) bond motifs is 9. The standard InChI is InChI=1S/C57H67N3O8S.Na/c1-35-13-14-40-29-46-20-22-48(40)50(35)32-52(69(64,65)66)51-31-42-27-41(30-47-26-37(34-61)11-8-12-39-28-45(62)19-21-49(39)54(42)67-47)53(51)38-15-17-43(18-16-38)57(68-46,60-55(58)59)33-44(25-36-9-4-2-5-10-36)56(63)23-6-3-7-24-56;/h2,4-5,9-10,15-22,28-29,31,35,37,41,44,47,50-54,61-63H,3,6-7,11,13-14,23-27,30,32-34H2,1H3,(H4,58,59,60)(H,64,65,66);/q;+1/p-1/t35-,37+,41-,44+,47-,50+,51-,52-,53+,54-,57-;/m1./s1. The average molecular weight is 976 g/mol. The summed E-state index contributed by atoms with van der Waals surface area (Å²) < 4.78 is 57.0. The number of allylic oxidation sites excluding steroid dienone is 1. The predicted molar refractivity (Wildman–Crippen MR) is 265 cm³/mol. The summed E-state index contributed by atoms with van der Waals surface area (Å²) in [5.41, 5.74) is 17.4. The molecule has 8 aliphatic rings. The Labute approximate surface area is 435 Å². The number of aliphatic hydroxyl groups is 2. The molecule has 0 spiro atoms. The summed E-state index contributed by atoms with van der Waals surface area (Å²) in [6.45, 7) is 2.08. The zero-order valence-corrected chi connectivity index (χ0v) is 43.3. The van der Waals surface area contributed by atoms with E-state index in [1.54, 1.807) is 12.1 Å². The van der Waals surface area contributed by atoms with Crippen LogP contribution in [-0.4, -0.2) is 57.8 Å². The maximum Gasteiger partial charge on any atom is 1.00 e. The van der Waals surface area contributed by atoms with Gasteiger partial charge in [0, 0.05) is 36.1 Å². The van der Waals surface area contributed by atoms with Gasteiger partial charge in [0.1, 0.15) is 17.6 Å². The maximum atomic E-state index is 14.2. The molecule has 1 saturated heterocycles. The van der Waals surface area contributed by atoms with E-state index >= 15 is 0 Å². The van der Waals surface area contributed by atoms with Gasteiger partial charge >= 0.3 is 29.6 Å². The number of aryl methyl sites for hydroxylation is 1. The van der Waals surface area contributed by atoms with Gasteiger partial charge in [0.25, 0.3) is 0 Å². The van der Waals surface area contributed by atoms with E-state index in [4.69, 9.17) is 25.9 Å². The first-order chi connectivity index (χ1) is 33.2. The van der Waals surface area contributed by atoms with E-state index in [1.807, 2.05) is 72.8 Å². The van der Waals surface area contributed by atoms with Crippen LogP contribution in [0.15, 0.2) is 108 Å². The number of aliphatic imine (C=N–C) groups is 1. The van der Waals surface area contributed by atoms with Crippen molar-refractivity contribution in [3.8, 4) is 23.3 Å². The SMILES string of the molecule is C[C@@H]1CCc2cc3ccc2[C@H]1C[C@@H](S(=O)(=O)[O-])[C@H]1C=C2C[C@H](C[C@H]4C[C@@H](CO)CC#Cc5cc(O)ccc5[C@@H]2O4)[C@@H]1c1ccc(cc1)[C@](C[C@H](Cc1ccccc1)C1(O)CCCCC1)(N=C(N)N)O3.[Na+]. The smallest absolute Gasteiger partial charge is 0.748 e. The fourth-order valence-electron chi connectivity index (χ4n) is 13.5. The van der Waals surface area contributed by atoms with Crippen LogP contribution in [0.2, 0.25) is 0 Å². The van der Waals surface area contributed by atoms with Crippen LogP contribution in [0, 0.1) is 41.4 Å². The molecule has 364 valence electrons. The van der Waals surface area contributed by atoms with Crippen LogP contribution in [0.4, 0.5) is 0 Å². The normalized spacial score (nSPS) is 30.3. The molecule has 5 aliphatic heterocycles. The molecule has 4 aromatic rings. The Bertz CT molecular complexity index is 2760. The average Bonchev–Trinajstić information content (AvgIpc) is 3.45. The number of hydrogen-bond donors (Lipinski definition) is 5. The van der Waals surface area contributed by atoms with Crippen molar-refractivity contribution in [1.82, 2.24) is 0 Å². The van der Waals surface area contributed by atoms with Crippen molar-refractivity contribution in [3.63, 3.8) is 0 Å². The number of guanidine groups is 1. The molecule has 70 heavy (non-hydrogen) atoms. The van der Waals surface area contributed by atoms with Crippen molar-refractivity contribution >= 4 is 16.1 Å². The summed E-state index contributed by atoms with van der Waals surface area (Å²) in [6, 6.07) is 29.4. The third-order valence-electron chi connectivity index (χ3n) is 16.9. The number of phenols is 1. The predicted octanol–water partition coefficient (Wildman–Crippen LogP) is 5.76. The molecule has 1 saturated carbocycles. The van der Waals surface area contributed by atoms with Crippen LogP contribution < -0.4 is 45.8 Å². The Morgan fingerprint density at radius 2 is 1.71 bits per heavy atom. The van der Waals surface area contributed by atoms with Gasteiger partial charge in [0.2, 0.25) is 5.72 Å². The maximum absolute atomic E-state index is 14.2. The van der Waals surface area contributed by atoms with Crippen molar-refractivity contribution in [3.05, 3.63) is 142 Å². The third-order valence-corrected chi connectivity index (χ3v) is 18.1. The third kappa shape index (κ3) is 10.4. The molecule has 11 atom stereocenters. The van der Waals surface area contributed by atoms with Gasteiger partial charge in [-0.25, -0.2) is 13.4 Å². The minimum Gasteiger partial charge on any atom is -0.748 e. The van der Waals surface area contributed by atoms with E-state index in [2.05, 4.69) is 30.9 Å². The van der Waals surface area contributed by atoms with Gasteiger partial charge in [0.15, 0.2) is 5.96 Å². The van der Waals surface area contributed by atoms with E-state index in [-0.39, 0.29) is 96.4 Å². The number of phenolic OH excluding ortho intramolecular Hbond substituents is 1. The summed E-state index contributed by atoms with van der Waals surface area (Å²) in [7, 11) is -4.91. The second-order valence-electron chi connectivity index (χ2n) is 21.3. The molecule has 11 nitrogen and oxygen atoms in total. The van der Waals surface area contributed by atoms with E-state index in [0.29, 0.717) is 61.8 Å². The number of hydrogen-bond acceptors (Lipinski definition) is 9. The Hall–Kier alpha value is -4.16. The van der Waals surface area contributed by atoms with Gasteiger partial charge in [-0.2, -0.15) is 0 Å². The van der Waals surface area contributed by atoms with Gasteiger partial charge in [-0.05, 0) is 151 Å². The molecule has 2 fully saturated rings. The monoisotopic (exact) mass is 975 g/mol. The van der Waals surface area contributed by atoms with Crippen LogP contribution in [0.3, 0.4) is 0 Å². The molecule has 10 bridgehead atoms. The summed E-state index contributed by atoms with van der Waals surface area (Å²) in [6.07, 6.45) is 9.94. The topological polar surface area (TPSA) is 201 Å². The summed E-state index contributed by atoms with van der Waals surface area (Å²) in [4.78, 5) is 5.05. The number of rotatable bonds is 8. The minimum absolute atomic E-state index is 0. The molecule has 4 aromatic carbocycles. The zero-order valence-electron chi connectivity index (χ0n) is 40.5. The van der Waals surface area contributed by atoms with E-state index in [0.717, 1.165) is 65.5 Å². The second-order valence-corrected chi connectivity index (χ2v) is 22.9. The largest absolute Gasteiger partial charge is 1.00 e. The van der Waals surface area contributed by atoms with E-state index < -0.39 is 44.6 Å². The van der Waals surface area contributed by atoms with Crippen LogP contribution in [0.1, 0.15) is 141 Å². The number of aromatic hydroxyl groups is 1. The zero-order chi connectivity index (χ0) is 48.1. The van der Waals surface area contributed by atoms with Gasteiger partial charge in [-0.15, -0.1) is 0 Å². The summed E-state index contributed by atoms with van der Waals surface area (Å²) in [5.74, 6) is 5.08. The molecule has 0 aromatic heterocycles. The molecule has 5 heterocycles. The van der Waals surface area contributed by atoms with Crippen molar-refractivity contribution in [2.45, 2.75) is 137 Å². The molecular weight excluding hydrogens is 910 g/mol. The Kier molecular flexibility index (Phi) is 15.1. The van der Waals surface area contributed by atoms with Gasteiger partial charge in [0.05, 0.1) is 27.1 Å². The number of nitrogens with two attached hydrogens (primary N) is 2. The number of nitrogens with zero attached hydrogens (tertiary/aromatic N) is 1. The molecule has 0 amide bonds. The molecule has 13 heteroatoms. The van der Waals surface area contributed by atoms with E-state index in [9.17, 15) is 28.3 Å². The van der Waals surface area contributed by atoms with Gasteiger partial charge in [-0.3, -0.25) is 0 Å². The molecule has 0 unspecified atom stereocenters. The molecule has 0 radical (unpaired) electrons. The van der Waals surface area contributed by atoms with Crippen LogP contribution >= 0.6 is 0 Å². The first-order valence-electron chi connectivity index (χ1n) is 25.2. The van der Waals surface area contributed by atoms with Crippen molar-refractivity contribution in [2.75, 3.05) is 6.61 Å². The first-order valence-corrected chi connectivity index (χ1v) is 26.7. The Morgan fingerprint density at radius 3 is 2.44 bits per heavy atom. The fraction of sp³-hybridized carbons (Fsp3) is 0.491. The number of benzene rings is 4. The Balaban J connectivity index is 0.00000608. The number of aliphatic hydroxyl groups excluding tert-OH is 1.